The van der Waals surface area contributed by atoms with Crippen LogP contribution in [0.15, 0.2) is 47.4 Å². The van der Waals surface area contributed by atoms with Gasteiger partial charge in [0.1, 0.15) is 10.6 Å². The van der Waals surface area contributed by atoms with Gasteiger partial charge in [0.2, 0.25) is 15.9 Å². The SMILES string of the molecule is NS(=O)(=O)c1cc(NC(=O)Cc2ccccc2Cl)ccc1OC1CCCC1. The quantitative estimate of drug-likeness (QED) is 0.764. The van der Waals surface area contributed by atoms with Gasteiger partial charge in [0, 0.05) is 10.7 Å². The number of halogens is 1. The van der Waals surface area contributed by atoms with E-state index < -0.39 is 10.0 Å². The Morgan fingerprint density at radius 1 is 1.19 bits per heavy atom. The van der Waals surface area contributed by atoms with E-state index in [1.54, 1.807) is 30.3 Å². The summed E-state index contributed by atoms with van der Waals surface area (Å²) >= 11 is 6.07. The van der Waals surface area contributed by atoms with E-state index >= 15 is 0 Å². The second-order valence-corrected chi connectivity index (χ2v) is 8.48. The van der Waals surface area contributed by atoms with E-state index in [2.05, 4.69) is 5.32 Å². The van der Waals surface area contributed by atoms with Crippen molar-refractivity contribution in [2.75, 3.05) is 5.32 Å². The number of anilines is 1. The normalized spacial score (nSPS) is 14.9. The van der Waals surface area contributed by atoms with Crippen LogP contribution in [-0.4, -0.2) is 20.4 Å². The van der Waals surface area contributed by atoms with Crippen LogP contribution in [0.4, 0.5) is 5.69 Å². The van der Waals surface area contributed by atoms with Gasteiger partial charge in [-0.25, -0.2) is 13.6 Å². The molecule has 6 nitrogen and oxygen atoms in total. The molecule has 1 fully saturated rings. The average molecular weight is 409 g/mol. The van der Waals surface area contributed by atoms with Crippen LogP contribution in [0.5, 0.6) is 5.75 Å². The zero-order valence-electron chi connectivity index (χ0n) is 14.7. The van der Waals surface area contributed by atoms with E-state index in [0.717, 1.165) is 25.7 Å². The van der Waals surface area contributed by atoms with Crippen LogP contribution < -0.4 is 15.2 Å². The molecule has 0 aromatic heterocycles. The fourth-order valence-corrected chi connectivity index (χ4v) is 4.00. The van der Waals surface area contributed by atoms with Crippen molar-refractivity contribution in [2.45, 2.75) is 43.1 Å². The largest absolute Gasteiger partial charge is 0.489 e. The lowest BCUT2D eigenvalue weighted by Gasteiger charge is -2.17. The van der Waals surface area contributed by atoms with E-state index in [1.165, 1.54) is 12.1 Å². The van der Waals surface area contributed by atoms with Crippen LogP contribution in [0.1, 0.15) is 31.2 Å². The number of ether oxygens (including phenoxy) is 1. The minimum Gasteiger partial charge on any atom is -0.489 e. The summed E-state index contributed by atoms with van der Waals surface area (Å²) in [5.41, 5.74) is 1.01. The third-order valence-electron chi connectivity index (χ3n) is 4.44. The molecule has 1 saturated carbocycles. The van der Waals surface area contributed by atoms with Gasteiger partial charge in [0.15, 0.2) is 0 Å². The molecule has 8 heteroatoms. The van der Waals surface area contributed by atoms with Crippen LogP contribution in [0.3, 0.4) is 0 Å². The second kappa shape index (κ2) is 8.29. The highest BCUT2D eigenvalue weighted by atomic mass is 35.5. The van der Waals surface area contributed by atoms with Crippen LogP contribution in [0, 0.1) is 0 Å². The molecule has 1 amide bonds. The van der Waals surface area contributed by atoms with E-state index in [1.807, 2.05) is 0 Å². The first-order valence-electron chi connectivity index (χ1n) is 8.70. The average Bonchev–Trinajstić information content (AvgIpc) is 3.10. The lowest BCUT2D eigenvalue weighted by molar-refractivity contribution is -0.115. The van der Waals surface area contributed by atoms with Crippen molar-refractivity contribution in [2.24, 2.45) is 5.14 Å². The summed E-state index contributed by atoms with van der Waals surface area (Å²) in [4.78, 5) is 12.1. The highest BCUT2D eigenvalue weighted by molar-refractivity contribution is 7.89. The van der Waals surface area contributed by atoms with Gasteiger partial charge in [0.05, 0.1) is 12.5 Å². The first-order chi connectivity index (χ1) is 12.8. The Morgan fingerprint density at radius 2 is 1.89 bits per heavy atom. The number of amides is 1. The maximum atomic E-state index is 12.3. The number of primary sulfonamides is 1. The van der Waals surface area contributed by atoms with E-state index in [9.17, 15) is 13.2 Å². The number of sulfonamides is 1. The summed E-state index contributed by atoms with van der Waals surface area (Å²) in [6.45, 7) is 0. The molecule has 0 unspecified atom stereocenters. The van der Waals surface area contributed by atoms with Crippen LogP contribution >= 0.6 is 11.6 Å². The summed E-state index contributed by atoms with van der Waals surface area (Å²) in [5, 5.41) is 8.51. The summed E-state index contributed by atoms with van der Waals surface area (Å²) in [5.74, 6) is -0.0959. The fourth-order valence-electron chi connectivity index (χ4n) is 3.11. The van der Waals surface area contributed by atoms with Gasteiger partial charge in [-0.2, -0.15) is 0 Å². The summed E-state index contributed by atoms with van der Waals surface area (Å²) in [7, 11) is -4.00. The Balaban J connectivity index is 1.77. The predicted octanol–water partition coefficient (Wildman–Crippen LogP) is 3.49. The fraction of sp³-hybridized carbons (Fsp3) is 0.316. The lowest BCUT2D eigenvalue weighted by atomic mass is 10.1. The Hall–Kier alpha value is -2.09. The Morgan fingerprint density at radius 3 is 2.56 bits per heavy atom. The number of rotatable bonds is 6. The molecule has 0 aliphatic heterocycles. The van der Waals surface area contributed by atoms with E-state index in [4.69, 9.17) is 21.5 Å². The predicted molar refractivity (Wildman–Crippen MR) is 104 cm³/mol. The zero-order valence-corrected chi connectivity index (χ0v) is 16.2. The minimum atomic E-state index is -4.00. The first-order valence-corrected chi connectivity index (χ1v) is 10.6. The molecule has 27 heavy (non-hydrogen) atoms. The van der Waals surface area contributed by atoms with Crippen LogP contribution in [0.2, 0.25) is 5.02 Å². The van der Waals surface area contributed by atoms with Gasteiger partial charge in [-0.1, -0.05) is 29.8 Å². The standard InChI is InChI=1S/C19H21ClN2O4S/c20-16-8-4-1-5-13(16)11-19(23)22-14-9-10-17(18(12-14)27(21,24)25)26-15-6-2-3-7-15/h1,4-5,8-10,12,15H,2-3,6-7,11H2,(H,22,23)(H2,21,24,25). The highest BCUT2D eigenvalue weighted by Crippen LogP contribution is 2.31. The molecule has 3 rings (SSSR count). The minimum absolute atomic E-state index is 0.00818. The number of hydrogen-bond acceptors (Lipinski definition) is 4. The summed E-state index contributed by atoms with van der Waals surface area (Å²) < 4.78 is 29.8. The first kappa shape index (κ1) is 19.7. The number of nitrogens with one attached hydrogen (secondary N) is 1. The molecule has 2 aromatic rings. The van der Waals surface area contributed by atoms with Crippen molar-refractivity contribution in [3.8, 4) is 5.75 Å². The highest BCUT2D eigenvalue weighted by Gasteiger charge is 2.22. The number of hydrogen-bond donors (Lipinski definition) is 2. The molecule has 3 N–H and O–H groups in total. The smallest absolute Gasteiger partial charge is 0.241 e. The summed E-state index contributed by atoms with van der Waals surface area (Å²) in [6.07, 6.45) is 3.97. The van der Waals surface area contributed by atoms with Crippen molar-refractivity contribution < 1.29 is 17.9 Å². The van der Waals surface area contributed by atoms with Crippen molar-refractivity contribution in [3.63, 3.8) is 0 Å². The molecule has 0 atom stereocenters. The Bertz CT molecular complexity index is 940. The maximum Gasteiger partial charge on any atom is 0.241 e. The number of carbonyl (C=O) groups is 1. The third kappa shape index (κ3) is 5.22. The molecule has 0 spiro atoms. The molecular formula is C19H21ClN2O4S. The zero-order chi connectivity index (χ0) is 19.4. The van der Waals surface area contributed by atoms with Gasteiger partial charge in [-0.3, -0.25) is 4.79 Å². The van der Waals surface area contributed by atoms with Crippen LogP contribution in [0.25, 0.3) is 0 Å². The lowest BCUT2D eigenvalue weighted by Crippen LogP contribution is -2.19. The van der Waals surface area contributed by atoms with Gasteiger partial charge in [0.25, 0.3) is 0 Å². The summed E-state index contributed by atoms with van der Waals surface area (Å²) in [6, 6.07) is 11.5. The van der Waals surface area contributed by atoms with Crippen molar-refractivity contribution in [3.05, 3.63) is 53.1 Å². The van der Waals surface area contributed by atoms with Crippen molar-refractivity contribution in [1.82, 2.24) is 0 Å². The number of benzene rings is 2. The molecule has 0 bridgehead atoms. The number of carbonyl (C=O) groups excluding carboxylic acids is 1. The van der Waals surface area contributed by atoms with Gasteiger partial charge >= 0.3 is 0 Å². The van der Waals surface area contributed by atoms with Crippen molar-refractivity contribution >= 4 is 33.2 Å². The molecular weight excluding hydrogens is 388 g/mol. The Kier molecular flexibility index (Phi) is 6.04. The van der Waals surface area contributed by atoms with E-state index in [0.29, 0.717) is 16.3 Å². The van der Waals surface area contributed by atoms with Crippen molar-refractivity contribution in [1.29, 1.82) is 0 Å². The number of nitrogens with two attached hydrogens (primary N) is 1. The van der Waals surface area contributed by atoms with Crippen LogP contribution in [-0.2, 0) is 21.2 Å². The molecule has 1 aliphatic rings. The molecule has 0 saturated heterocycles. The topological polar surface area (TPSA) is 98.5 Å². The van der Waals surface area contributed by atoms with Gasteiger partial charge in [-0.05, 0) is 55.5 Å². The molecule has 1 aliphatic carbocycles. The molecule has 0 radical (unpaired) electrons. The van der Waals surface area contributed by atoms with Gasteiger partial charge < -0.3 is 10.1 Å². The maximum absolute atomic E-state index is 12.3. The monoisotopic (exact) mass is 408 g/mol. The molecule has 144 valence electrons. The van der Waals surface area contributed by atoms with E-state index in [-0.39, 0.29) is 29.1 Å². The van der Waals surface area contributed by atoms with Gasteiger partial charge in [-0.15, -0.1) is 0 Å². The molecule has 0 heterocycles. The third-order valence-corrected chi connectivity index (χ3v) is 5.74. The second-order valence-electron chi connectivity index (χ2n) is 6.55. The Labute approximate surface area is 163 Å². The molecule has 2 aromatic carbocycles.